The Hall–Kier alpha value is -2.27. The molecule has 1 aromatic carbocycles. The van der Waals surface area contributed by atoms with Gasteiger partial charge in [0.25, 0.3) is 0 Å². The van der Waals surface area contributed by atoms with Gasteiger partial charge in [0.05, 0.1) is 17.7 Å². The fraction of sp³-hybridized carbons (Fsp3) is 0.0769. The number of carboxylic acids is 1. The number of hydrogen-bond acceptors (Lipinski definition) is 4. The number of aromatic nitrogens is 1. The predicted octanol–water partition coefficient (Wildman–Crippen LogP) is 3.19. The summed E-state index contributed by atoms with van der Waals surface area (Å²) in [5.74, 6) is -0.599. The second-order valence-corrected chi connectivity index (χ2v) is 4.12. The molecule has 0 unspecified atom stereocenters. The fourth-order valence-corrected chi connectivity index (χ4v) is 1.73. The molecule has 0 aliphatic rings. The number of rotatable bonds is 4. The summed E-state index contributed by atoms with van der Waals surface area (Å²) in [6.45, 7) is 0. The molecule has 0 saturated heterocycles. The SMILES string of the molecule is COc1cc(Nc2ccc(Cl)c(C(=O)O)c2)ccn1. The van der Waals surface area contributed by atoms with Crippen molar-refractivity contribution < 1.29 is 14.6 Å². The van der Waals surface area contributed by atoms with E-state index in [1.54, 1.807) is 24.4 Å². The van der Waals surface area contributed by atoms with Crippen LogP contribution in [-0.2, 0) is 0 Å². The minimum absolute atomic E-state index is 0.0488. The van der Waals surface area contributed by atoms with Gasteiger partial charge in [0.2, 0.25) is 5.88 Å². The van der Waals surface area contributed by atoms with Crippen LogP contribution in [0, 0.1) is 0 Å². The quantitative estimate of drug-likeness (QED) is 0.899. The fourth-order valence-electron chi connectivity index (χ4n) is 1.53. The molecule has 5 nitrogen and oxygen atoms in total. The third-order valence-electron chi connectivity index (χ3n) is 2.43. The normalized spacial score (nSPS) is 10.0. The Morgan fingerprint density at radius 2 is 2.05 bits per heavy atom. The van der Waals surface area contributed by atoms with E-state index in [0.29, 0.717) is 11.6 Å². The topological polar surface area (TPSA) is 71.5 Å². The molecule has 6 heteroatoms. The summed E-state index contributed by atoms with van der Waals surface area (Å²) in [6.07, 6.45) is 1.59. The van der Waals surface area contributed by atoms with E-state index in [1.165, 1.54) is 19.2 Å². The monoisotopic (exact) mass is 278 g/mol. The van der Waals surface area contributed by atoms with Crippen LogP contribution in [0.25, 0.3) is 0 Å². The van der Waals surface area contributed by atoms with E-state index in [1.807, 2.05) is 0 Å². The summed E-state index contributed by atoms with van der Waals surface area (Å²) < 4.78 is 5.01. The van der Waals surface area contributed by atoms with E-state index in [9.17, 15) is 4.79 Å². The van der Waals surface area contributed by atoms with Gasteiger partial charge in [-0.1, -0.05) is 11.6 Å². The summed E-state index contributed by atoms with van der Waals surface area (Å²) in [7, 11) is 1.52. The standard InChI is InChI=1S/C13H11ClN2O3/c1-19-12-7-9(4-5-15-12)16-8-2-3-11(14)10(6-8)13(17)18/h2-7H,1H3,(H,15,16)(H,17,18). The van der Waals surface area contributed by atoms with Crippen LogP contribution < -0.4 is 10.1 Å². The van der Waals surface area contributed by atoms with E-state index in [4.69, 9.17) is 21.4 Å². The van der Waals surface area contributed by atoms with Crippen molar-refractivity contribution in [3.63, 3.8) is 0 Å². The average molecular weight is 279 g/mol. The highest BCUT2D eigenvalue weighted by Crippen LogP contribution is 2.24. The van der Waals surface area contributed by atoms with E-state index >= 15 is 0 Å². The molecule has 98 valence electrons. The number of anilines is 2. The van der Waals surface area contributed by atoms with Crippen LogP contribution in [0.3, 0.4) is 0 Å². The molecule has 0 saturated carbocycles. The van der Waals surface area contributed by atoms with Crippen molar-refractivity contribution in [2.45, 2.75) is 0 Å². The number of methoxy groups -OCH3 is 1. The van der Waals surface area contributed by atoms with Gasteiger partial charge in [-0.2, -0.15) is 0 Å². The summed E-state index contributed by atoms with van der Waals surface area (Å²) in [5, 5.41) is 12.3. The Bertz CT molecular complexity index is 617. The lowest BCUT2D eigenvalue weighted by Gasteiger charge is -2.09. The lowest BCUT2D eigenvalue weighted by atomic mass is 10.2. The van der Waals surface area contributed by atoms with Crippen molar-refractivity contribution >= 4 is 28.9 Å². The Morgan fingerprint density at radius 1 is 1.32 bits per heavy atom. The number of nitrogens with zero attached hydrogens (tertiary/aromatic N) is 1. The minimum atomic E-state index is -1.07. The summed E-state index contributed by atoms with van der Waals surface area (Å²) in [6, 6.07) is 8.15. The molecule has 0 bridgehead atoms. The van der Waals surface area contributed by atoms with Crippen molar-refractivity contribution in [1.29, 1.82) is 0 Å². The highest BCUT2D eigenvalue weighted by molar-refractivity contribution is 6.33. The number of nitrogens with one attached hydrogen (secondary N) is 1. The largest absolute Gasteiger partial charge is 0.481 e. The number of halogens is 1. The van der Waals surface area contributed by atoms with Crippen LogP contribution in [0.5, 0.6) is 5.88 Å². The first kappa shape index (κ1) is 13.2. The number of ether oxygens (including phenoxy) is 1. The Balaban J connectivity index is 2.28. The second kappa shape index (κ2) is 5.58. The van der Waals surface area contributed by atoms with Gasteiger partial charge in [0.15, 0.2) is 0 Å². The van der Waals surface area contributed by atoms with E-state index in [0.717, 1.165) is 5.69 Å². The van der Waals surface area contributed by atoms with Crippen LogP contribution in [0.15, 0.2) is 36.5 Å². The molecule has 0 spiro atoms. The molecule has 1 heterocycles. The van der Waals surface area contributed by atoms with Gasteiger partial charge in [-0.3, -0.25) is 0 Å². The van der Waals surface area contributed by atoms with Gasteiger partial charge < -0.3 is 15.2 Å². The molecular weight excluding hydrogens is 268 g/mol. The van der Waals surface area contributed by atoms with Crippen molar-refractivity contribution in [2.75, 3.05) is 12.4 Å². The second-order valence-electron chi connectivity index (χ2n) is 3.71. The smallest absolute Gasteiger partial charge is 0.337 e. The molecule has 0 aliphatic carbocycles. The molecule has 0 radical (unpaired) electrons. The maximum Gasteiger partial charge on any atom is 0.337 e. The highest BCUT2D eigenvalue weighted by atomic mass is 35.5. The molecule has 19 heavy (non-hydrogen) atoms. The van der Waals surface area contributed by atoms with E-state index in [-0.39, 0.29) is 10.6 Å². The molecule has 0 fully saturated rings. The van der Waals surface area contributed by atoms with Gasteiger partial charge in [-0.15, -0.1) is 0 Å². The summed E-state index contributed by atoms with van der Waals surface area (Å²) in [5.41, 5.74) is 1.41. The Labute approximate surface area is 114 Å². The Morgan fingerprint density at radius 3 is 2.74 bits per heavy atom. The minimum Gasteiger partial charge on any atom is -0.481 e. The molecule has 2 rings (SSSR count). The van der Waals surface area contributed by atoms with Crippen LogP contribution in [0.4, 0.5) is 11.4 Å². The first-order chi connectivity index (χ1) is 9.10. The molecule has 0 atom stereocenters. The van der Waals surface area contributed by atoms with Crippen LogP contribution in [0.1, 0.15) is 10.4 Å². The number of benzene rings is 1. The van der Waals surface area contributed by atoms with E-state index in [2.05, 4.69) is 10.3 Å². The lowest BCUT2D eigenvalue weighted by Crippen LogP contribution is -1.99. The van der Waals surface area contributed by atoms with Gasteiger partial charge >= 0.3 is 5.97 Å². The molecule has 0 amide bonds. The molecule has 2 N–H and O–H groups in total. The third kappa shape index (κ3) is 3.14. The number of carbonyl (C=O) groups is 1. The predicted molar refractivity (Wildman–Crippen MR) is 72.5 cm³/mol. The van der Waals surface area contributed by atoms with Crippen LogP contribution in [-0.4, -0.2) is 23.2 Å². The molecular formula is C13H11ClN2O3. The summed E-state index contributed by atoms with van der Waals surface area (Å²) >= 11 is 5.80. The number of hydrogen-bond donors (Lipinski definition) is 2. The Kier molecular flexibility index (Phi) is 3.87. The first-order valence-corrected chi connectivity index (χ1v) is 5.78. The van der Waals surface area contributed by atoms with Crippen molar-refractivity contribution in [2.24, 2.45) is 0 Å². The third-order valence-corrected chi connectivity index (χ3v) is 2.76. The number of pyridine rings is 1. The summed E-state index contributed by atoms with van der Waals surface area (Å²) in [4.78, 5) is 15.0. The van der Waals surface area contributed by atoms with Crippen LogP contribution in [0.2, 0.25) is 5.02 Å². The van der Waals surface area contributed by atoms with Crippen LogP contribution >= 0.6 is 11.6 Å². The maximum absolute atomic E-state index is 11.0. The molecule has 0 aliphatic heterocycles. The van der Waals surface area contributed by atoms with Crippen molar-refractivity contribution in [3.05, 3.63) is 47.1 Å². The zero-order valence-corrected chi connectivity index (χ0v) is 10.8. The number of carboxylic acid groups (broad SMARTS) is 1. The zero-order valence-electron chi connectivity index (χ0n) is 10.1. The highest BCUT2D eigenvalue weighted by Gasteiger charge is 2.09. The number of aromatic carboxylic acids is 1. The average Bonchev–Trinajstić information content (AvgIpc) is 2.41. The van der Waals surface area contributed by atoms with Crippen molar-refractivity contribution in [3.8, 4) is 5.88 Å². The van der Waals surface area contributed by atoms with Gasteiger partial charge in [-0.25, -0.2) is 9.78 Å². The molecule has 2 aromatic rings. The maximum atomic E-state index is 11.0. The van der Waals surface area contributed by atoms with Gasteiger partial charge in [0, 0.05) is 23.6 Å². The van der Waals surface area contributed by atoms with E-state index < -0.39 is 5.97 Å². The van der Waals surface area contributed by atoms with Crippen molar-refractivity contribution in [1.82, 2.24) is 4.98 Å². The van der Waals surface area contributed by atoms with Gasteiger partial charge in [0.1, 0.15) is 0 Å². The lowest BCUT2D eigenvalue weighted by molar-refractivity contribution is 0.0697. The zero-order chi connectivity index (χ0) is 13.8. The van der Waals surface area contributed by atoms with Gasteiger partial charge in [-0.05, 0) is 24.3 Å². The molecule has 1 aromatic heterocycles. The first-order valence-electron chi connectivity index (χ1n) is 5.40.